The lowest BCUT2D eigenvalue weighted by atomic mass is 9.91. The van der Waals surface area contributed by atoms with Crippen LogP contribution in [0.2, 0.25) is 0 Å². The van der Waals surface area contributed by atoms with Crippen molar-refractivity contribution in [1.82, 2.24) is 25.6 Å². The van der Waals surface area contributed by atoms with Gasteiger partial charge in [-0.25, -0.2) is 9.48 Å². The smallest absolute Gasteiger partial charge is 0.333 e. The number of nitrogens with one attached hydrogen (secondary N) is 2. The molecule has 1 rings (SSSR count). The van der Waals surface area contributed by atoms with Gasteiger partial charge in [0.1, 0.15) is 19.3 Å². The van der Waals surface area contributed by atoms with Crippen LogP contribution >= 0.6 is 0 Å². The van der Waals surface area contributed by atoms with Crippen LogP contribution in [-0.2, 0) is 41.8 Å². The molecule has 35 heavy (non-hydrogen) atoms. The summed E-state index contributed by atoms with van der Waals surface area (Å²) in [5.41, 5.74) is -0.431. The highest BCUT2D eigenvalue weighted by Crippen LogP contribution is 2.14. The molecule has 1 aromatic heterocycles. The first-order chi connectivity index (χ1) is 16.2. The van der Waals surface area contributed by atoms with E-state index >= 15 is 0 Å². The van der Waals surface area contributed by atoms with Crippen molar-refractivity contribution < 1.29 is 33.8 Å². The highest BCUT2D eigenvalue weighted by Gasteiger charge is 2.23. The van der Waals surface area contributed by atoms with Crippen molar-refractivity contribution in [3.05, 3.63) is 11.9 Å². The molecule has 0 unspecified atom stereocenters. The molecule has 12 heteroatoms. The van der Waals surface area contributed by atoms with Gasteiger partial charge in [0.15, 0.2) is 12.5 Å². The Morgan fingerprint density at radius 1 is 1.09 bits per heavy atom. The van der Waals surface area contributed by atoms with Gasteiger partial charge in [0.2, 0.25) is 5.91 Å². The van der Waals surface area contributed by atoms with Crippen molar-refractivity contribution >= 4 is 23.6 Å². The molecule has 0 aromatic carbocycles. The highest BCUT2D eigenvalue weighted by atomic mass is 16.6. The highest BCUT2D eigenvalue weighted by molar-refractivity contribution is 5.85. The molecule has 0 bridgehead atoms. The molecule has 0 aliphatic rings. The van der Waals surface area contributed by atoms with Crippen molar-refractivity contribution in [2.75, 3.05) is 19.8 Å². The zero-order chi connectivity index (χ0) is 26.6. The maximum Gasteiger partial charge on any atom is 0.333 e. The first-order valence-electron chi connectivity index (χ1n) is 11.6. The zero-order valence-electron chi connectivity index (χ0n) is 21.5. The number of aliphatic carboxylic acids is 1. The second-order valence-corrected chi connectivity index (χ2v) is 10.4. The molecule has 0 spiro atoms. The molecule has 1 amide bonds. The lowest BCUT2D eigenvalue weighted by molar-refractivity contribution is -0.154. The minimum atomic E-state index is -0.888. The van der Waals surface area contributed by atoms with Gasteiger partial charge < -0.3 is 19.9 Å². The maximum absolute atomic E-state index is 12.1. The summed E-state index contributed by atoms with van der Waals surface area (Å²) in [4.78, 5) is 46.9. The fraction of sp³-hybridized carbons (Fsp3) is 0.739. The fourth-order valence-electron chi connectivity index (χ4n) is 2.81. The van der Waals surface area contributed by atoms with Crippen LogP contribution in [-0.4, -0.2) is 75.1 Å². The van der Waals surface area contributed by atoms with E-state index in [0.717, 1.165) is 0 Å². The van der Waals surface area contributed by atoms with Crippen molar-refractivity contribution in [2.45, 2.75) is 85.5 Å². The molecule has 0 fully saturated rings. The second-order valence-electron chi connectivity index (χ2n) is 10.4. The number of carboxylic acid groups (broad SMARTS) is 1. The quantitative estimate of drug-likeness (QED) is 0.236. The fourth-order valence-corrected chi connectivity index (χ4v) is 2.81. The molecule has 1 aromatic rings. The van der Waals surface area contributed by atoms with E-state index in [2.05, 4.69) is 20.9 Å². The number of unbranched alkanes of at least 4 members (excludes halogenated alkanes) is 1. The molecule has 12 nitrogen and oxygen atoms in total. The summed E-state index contributed by atoms with van der Waals surface area (Å²) < 4.78 is 11.4. The molecular weight excluding hydrogens is 458 g/mol. The van der Waals surface area contributed by atoms with Gasteiger partial charge in [-0.2, -0.15) is 0 Å². The first-order valence-corrected chi connectivity index (χ1v) is 11.6. The largest absolute Gasteiger partial charge is 0.480 e. The number of nitrogens with zero attached hydrogens (tertiary/aromatic N) is 3. The third-order valence-corrected chi connectivity index (χ3v) is 4.72. The van der Waals surface area contributed by atoms with E-state index in [1.54, 1.807) is 20.8 Å². The summed E-state index contributed by atoms with van der Waals surface area (Å²) in [6.45, 7) is 10.7. The Bertz CT molecular complexity index is 855. The average Bonchev–Trinajstić information content (AvgIpc) is 3.16. The predicted molar refractivity (Wildman–Crippen MR) is 126 cm³/mol. The predicted octanol–water partition coefficient (Wildman–Crippen LogP) is 1.08. The van der Waals surface area contributed by atoms with Crippen LogP contribution in [0, 0.1) is 5.41 Å². The van der Waals surface area contributed by atoms with Gasteiger partial charge in [0.05, 0.1) is 18.3 Å². The summed E-state index contributed by atoms with van der Waals surface area (Å²) in [6.07, 6.45) is 3.26. The molecule has 198 valence electrons. The number of carbonyl (C=O) groups is 4. The minimum absolute atomic E-state index is 0.00923. The number of rotatable bonds is 15. The van der Waals surface area contributed by atoms with Crippen molar-refractivity contribution in [3.63, 3.8) is 0 Å². The lowest BCUT2D eigenvalue weighted by Gasteiger charge is -2.26. The SMILES string of the molecule is CC(C)(C)N[C@@H](CCCCNC(=O)Cc1cn(COC(=O)COCC(=O)C(C)(C)C)nn1)C(=O)O. The van der Waals surface area contributed by atoms with Gasteiger partial charge in [0, 0.05) is 17.5 Å². The number of hydrogen-bond acceptors (Lipinski definition) is 9. The normalized spacial score (nSPS) is 12.7. The second kappa shape index (κ2) is 13.9. The minimum Gasteiger partial charge on any atom is -0.480 e. The molecule has 0 saturated heterocycles. The number of hydrogen-bond donors (Lipinski definition) is 3. The number of carboxylic acids is 1. The number of esters is 1. The Morgan fingerprint density at radius 2 is 1.77 bits per heavy atom. The van der Waals surface area contributed by atoms with Crippen molar-refractivity contribution in [3.8, 4) is 0 Å². The molecule has 0 radical (unpaired) electrons. The summed E-state index contributed by atoms with van der Waals surface area (Å²) in [5.74, 6) is -1.90. The molecular formula is C23H39N5O7. The number of amides is 1. The number of Topliss-reactive ketones (excluding diaryl/α,β-unsaturated/α-hetero) is 1. The molecule has 0 saturated carbocycles. The van der Waals surface area contributed by atoms with E-state index in [0.29, 0.717) is 31.5 Å². The Kier molecular flexibility index (Phi) is 12.0. The molecule has 1 atom stereocenters. The average molecular weight is 498 g/mol. The van der Waals surface area contributed by atoms with Gasteiger partial charge in [-0.15, -0.1) is 5.10 Å². The number of carbonyl (C=O) groups excluding carboxylic acids is 3. The lowest BCUT2D eigenvalue weighted by Crippen LogP contribution is -2.47. The maximum atomic E-state index is 12.1. The van der Waals surface area contributed by atoms with Gasteiger partial charge in [-0.3, -0.25) is 19.7 Å². The third kappa shape index (κ3) is 13.6. The van der Waals surface area contributed by atoms with Crippen LogP contribution in [0.15, 0.2) is 6.20 Å². The summed E-state index contributed by atoms with van der Waals surface area (Å²) >= 11 is 0. The monoisotopic (exact) mass is 497 g/mol. The van der Waals surface area contributed by atoms with Gasteiger partial charge in [-0.1, -0.05) is 26.0 Å². The van der Waals surface area contributed by atoms with Crippen LogP contribution in [0.25, 0.3) is 0 Å². The topological polar surface area (TPSA) is 162 Å². The van der Waals surface area contributed by atoms with Crippen LogP contribution in [0.1, 0.15) is 66.5 Å². The van der Waals surface area contributed by atoms with E-state index in [9.17, 15) is 24.3 Å². The summed E-state index contributed by atoms with van der Waals surface area (Å²) in [7, 11) is 0. The van der Waals surface area contributed by atoms with E-state index in [4.69, 9.17) is 9.47 Å². The third-order valence-electron chi connectivity index (χ3n) is 4.72. The van der Waals surface area contributed by atoms with Gasteiger partial charge in [-0.05, 0) is 40.0 Å². The van der Waals surface area contributed by atoms with Gasteiger partial charge >= 0.3 is 11.9 Å². The molecule has 3 N–H and O–H groups in total. The van der Waals surface area contributed by atoms with Crippen LogP contribution in [0.5, 0.6) is 0 Å². The zero-order valence-corrected chi connectivity index (χ0v) is 21.5. The van der Waals surface area contributed by atoms with Crippen LogP contribution in [0.4, 0.5) is 0 Å². The molecule has 0 aliphatic heterocycles. The number of aromatic nitrogens is 3. The standard InChI is InChI=1S/C23H39N5O7/c1-22(2,3)18(29)13-34-14-20(31)35-15-28-12-16(26-27-28)11-19(30)24-10-8-7-9-17(21(32)33)25-23(4,5)6/h12,17,25H,7-11,13-15H2,1-6H3,(H,24,30)(H,32,33)/t17-/m0/s1. The first kappa shape index (κ1) is 30.2. The summed E-state index contributed by atoms with van der Waals surface area (Å²) in [6, 6.07) is -0.632. The molecule has 0 aliphatic carbocycles. The van der Waals surface area contributed by atoms with Crippen molar-refractivity contribution in [2.24, 2.45) is 5.41 Å². The van der Waals surface area contributed by atoms with Gasteiger partial charge in [0.25, 0.3) is 0 Å². The Morgan fingerprint density at radius 3 is 2.37 bits per heavy atom. The Balaban J connectivity index is 2.26. The number of ether oxygens (including phenoxy) is 2. The van der Waals surface area contributed by atoms with E-state index in [-0.39, 0.29) is 43.6 Å². The Hall–Kier alpha value is -2.86. The van der Waals surface area contributed by atoms with E-state index in [1.807, 2.05) is 20.8 Å². The Labute approximate surface area is 206 Å². The van der Waals surface area contributed by atoms with Crippen LogP contribution < -0.4 is 10.6 Å². The van der Waals surface area contributed by atoms with E-state index in [1.165, 1.54) is 10.9 Å². The van der Waals surface area contributed by atoms with Crippen molar-refractivity contribution in [1.29, 1.82) is 0 Å². The summed E-state index contributed by atoms with van der Waals surface area (Å²) in [5, 5.41) is 22.8. The van der Waals surface area contributed by atoms with E-state index < -0.39 is 23.4 Å². The molecule has 1 heterocycles. The van der Waals surface area contributed by atoms with Crippen LogP contribution in [0.3, 0.4) is 0 Å². The number of ketones is 1.